The monoisotopic (exact) mass is 830 g/mol. The minimum Gasteiger partial charge on any atom is -0.468 e. The highest BCUT2D eigenvalue weighted by Gasteiger charge is 2.42. The van der Waals surface area contributed by atoms with E-state index in [1.54, 1.807) is 45.7 Å². The molecule has 15 heteroatoms. The van der Waals surface area contributed by atoms with Gasteiger partial charge >= 0.3 is 11.9 Å². The van der Waals surface area contributed by atoms with Crippen molar-refractivity contribution in [2.24, 2.45) is 25.2 Å². The van der Waals surface area contributed by atoms with Gasteiger partial charge in [-0.3, -0.25) is 19.2 Å². The van der Waals surface area contributed by atoms with E-state index in [0.717, 1.165) is 47.9 Å². The topological polar surface area (TPSA) is 161 Å². The summed E-state index contributed by atoms with van der Waals surface area (Å²) in [5.41, 5.74) is 9.20. The summed E-state index contributed by atoms with van der Waals surface area (Å²) in [5.74, 6) is -1.06. The average molecular weight is 832 g/mol. The van der Waals surface area contributed by atoms with Gasteiger partial charge in [-0.25, -0.2) is 4.79 Å². The van der Waals surface area contributed by atoms with Crippen molar-refractivity contribution in [3.05, 3.63) is 115 Å². The molecule has 2 aromatic heterocycles. The number of nitrogens with one attached hydrogen (secondary N) is 1. The van der Waals surface area contributed by atoms with Gasteiger partial charge in [-0.15, -0.1) is 12.4 Å². The Balaban J connectivity index is 0.000000319. The highest BCUT2D eigenvalue weighted by Crippen LogP contribution is 2.41. The van der Waals surface area contributed by atoms with Crippen LogP contribution in [0.1, 0.15) is 43.2 Å². The summed E-state index contributed by atoms with van der Waals surface area (Å²) in [4.78, 5) is 61.6. The minimum absolute atomic E-state index is 0. The Labute approximate surface area is 342 Å². The van der Waals surface area contributed by atoms with Gasteiger partial charge in [-0.05, 0) is 60.1 Å². The van der Waals surface area contributed by atoms with Gasteiger partial charge in [0.15, 0.2) is 0 Å². The standard InChI is InChI=1S/C25H31ClN2O5.C16H17ClN2O3.ClH/c1-28-16-19(26)15-20(22(28)29)18-8-6-17(7-9-18)14-21(23(30)33-3)27-24(31)25(12-13-32-2)10-4-5-11-25;1-19-9-12(17)8-13(15(19)20)11-5-3-10(4-6-11)7-14(18)16(21)22-2;/h6-9,15-16,21H,4-5,10-14H2,1-3H3,(H,27,31);3-6,8-9,14H,7,18H2,1-2H3;1H/t21-;14-;/m00./s1. The summed E-state index contributed by atoms with van der Waals surface area (Å²) >= 11 is 12.1. The van der Waals surface area contributed by atoms with E-state index in [1.165, 1.54) is 23.4 Å². The van der Waals surface area contributed by atoms with E-state index in [1.807, 2.05) is 48.5 Å². The number of nitrogens with two attached hydrogens (primary N) is 1. The highest BCUT2D eigenvalue weighted by molar-refractivity contribution is 6.31. The van der Waals surface area contributed by atoms with Crippen molar-refractivity contribution in [2.45, 2.75) is 57.0 Å². The van der Waals surface area contributed by atoms with Crippen molar-refractivity contribution < 1.29 is 28.6 Å². The summed E-state index contributed by atoms with van der Waals surface area (Å²) < 4.78 is 17.7. The lowest BCUT2D eigenvalue weighted by Gasteiger charge is -2.29. The first-order valence-electron chi connectivity index (χ1n) is 17.8. The lowest BCUT2D eigenvalue weighted by Crippen LogP contribution is -2.49. The largest absolute Gasteiger partial charge is 0.468 e. The number of pyridine rings is 2. The van der Waals surface area contributed by atoms with E-state index in [-0.39, 0.29) is 35.9 Å². The van der Waals surface area contributed by atoms with E-state index in [2.05, 4.69) is 10.1 Å². The number of aryl methyl sites for hydroxylation is 2. The summed E-state index contributed by atoms with van der Waals surface area (Å²) in [6, 6.07) is 16.4. The molecule has 0 radical (unpaired) electrons. The number of carbonyl (C=O) groups excluding carboxylic acids is 3. The normalized spacial score (nSPS) is 14.0. The molecule has 3 N–H and O–H groups in total. The summed E-state index contributed by atoms with van der Waals surface area (Å²) in [6.07, 6.45) is 7.99. The lowest BCUT2D eigenvalue weighted by atomic mass is 9.81. The molecule has 2 heterocycles. The second-order valence-corrected chi connectivity index (χ2v) is 14.6. The molecule has 1 saturated carbocycles. The molecule has 1 fully saturated rings. The number of aromatic nitrogens is 2. The molecule has 0 bridgehead atoms. The molecule has 1 aliphatic rings. The van der Waals surface area contributed by atoms with Crippen LogP contribution in [0.2, 0.25) is 10.0 Å². The van der Waals surface area contributed by atoms with E-state index >= 15 is 0 Å². The molecule has 0 spiro atoms. The third kappa shape index (κ3) is 11.8. The molecule has 5 rings (SSSR count). The third-order valence-corrected chi connectivity index (χ3v) is 10.3. The van der Waals surface area contributed by atoms with Gasteiger partial charge in [-0.2, -0.15) is 0 Å². The van der Waals surface area contributed by atoms with Crippen LogP contribution in [0.15, 0.2) is 82.6 Å². The Morgan fingerprint density at radius 2 is 1.21 bits per heavy atom. The Kier molecular flexibility index (Phi) is 17.4. The zero-order chi connectivity index (χ0) is 40.3. The number of methoxy groups -OCH3 is 3. The molecule has 4 aromatic rings. The van der Waals surface area contributed by atoms with Gasteiger partial charge in [-0.1, -0.05) is 84.6 Å². The predicted molar refractivity (Wildman–Crippen MR) is 220 cm³/mol. The van der Waals surface area contributed by atoms with Crippen molar-refractivity contribution in [3.8, 4) is 22.3 Å². The number of hydrogen-bond donors (Lipinski definition) is 2. The van der Waals surface area contributed by atoms with Crippen LogP contribution in [0.5, 0.6) is 0 Å². The van der Waals surface area contributed by atoms with E-state index in [4.69, 9.17) is 38.4 Å². The quantitative estimate of drug-likeness (QED) is 0.162. The maximum absolute atomic E-state index is 13.2. The molecule has 0 unspecified atom stereocenters. The molecule has 0 aliphatic heterocycles. The number of benzene rings is 2. The van der Waals surface area contributed by atoms with Gasteiger partial charge < -0.3 is 34.4 Å². The number of esters is 2. The van der Waals surface area contributed by atoms with Crippen molar-refractivity contribution in [3.63, 3.8) is 0 Å². The average Bonchev–Trinajstić information content (AvgIpc) is 3.67. The SMILES string of the molecule is COC(=O)[C@@H](N)Cc1ccc(-c2cc(Cl)cn(C)c2=O)cc1.COCCC1(C(=O)N[C@@H](Cc2ccc(-c3cc(Cl)cn(C)c3=O)cc2)C(=O)OC)CCCC1.Cl. The van der Waals surface area contributed by atoms with Crippen LogP contribution in [-0.2, 0) is 55.5 Å². The molecule has 2 atom stereocenters. The van der Waals surface area contributed by atoms with E-state index in [0.29, 0.717) is 40.6 Å². The lowest BCUT2D eigenvalue weighted by molar-refractivity contribution is -0.147. The fourth-order valence-electron chi connectivity index (χ4n) is 6.71. The molecule has 0 saturated heterocycles. The van der Waals surface area contributed by atoms with Crippen molar-refractivity contribution in [1.82, 2.24) is 14.5 Å². The number of halogens is 3. The molecule has 12 nitrogen and oxygen atoms in total. The van der Waals surface area contributed by atoms with Crippen LogP contribution < -0.4 is 22.2 Å². The zero-order valence-corrected chi connectivity index (χ0v) is 34.5. The molecular weight excluding hydrogens is 783 g/mol. The second-order valence-electron chi connectivity index (χ2n) is 13.7. The Bertz CT molecular complexity index is 2080. The molecular formula is C41H49Cl3N4O8. The first-order chi connectivity index (χ1) is 26.2. The predicted octanol–water partition coefficient (Wildman–Crippen LogP) is 5.67. The number of ether oxygens (including phenoxy) is 3. The number of amides is 1. The summed E-state index contributed by atoms with van der Waals surface area (Å²) in [5, 5.41) is 3.90. The van der Waals surface area contributed by atoms with Crippen molar-refractivity contribution >= 4 is 53.5 Å². The second kappa shape index (κ2) is 21.2. The summed E-state index contributed by atoms with van der Waals surface area (Å²) in [7, 11) is 7.55. The van der Waals surface area contributed by atoms with Crippen LogP contribution >= 0.6 is 35.6 Å². The van der Waals surface area contributed by atoms with Gasteiger partial charge in [0.2, 0.25) is 5.91 Å². The third-order valence-electron chi connectivity index (χ3n) is 9.85. The van der Waals surface area contributed by atoms with E-state index in [9.17, 15) is 24.0 Å². The van der Waals surface area contributed by atoms with Crippen LogP contribution in [0.4, 0.5) is 0 Å². The van der Waals surface area contributed by atoms with Gasteiger partial charge in [0.1, 0.15) is 12.1 Å². The van der Waals surface area contributed by atoms with Gasteiger partial charge in [0.25, 0.3) is 11.1 Å². The van der Waals surface area contributed by atoms with E-state index < -0.39 is 29.4 Å². The number of nitrogens with zero attached hydrogens (tertiary/aromatic N) is 2. The Hall–Kier alpha value is -4.46. The van der Waals surface area contributed by atoms with Crippen LogP contribution in [0.3, 0.4) is 0 Å². The fraction of sp³-hybridized carbons (Fsp3) is 0.390. The molecule has 56 heavy (non-hydrogen) atoms. The van der Waals surface area contributed by atoms with Gasteiger partial charge in [0, 0.05) is 57.8 Å². The molecule has 1 aliphatic carbocycles. The maximum Gasteiger partial charge on any atom is 0.328 e. The Morgan fingerprint density at radius 3 is 1.64 bits per heavy atom. The van der Waals surface area contributed by atoms with Crippen LogP contribution in [-0.4, -0.2) is 67.0 Å². The van der Waals surface area contributed by atoms with Crippen LogP contribution in [0, 0.1) is 5.41 Å². The summed E-state index contributed by atoms with van der Waals surface area (Å²) in [6.45, 7) is 0.501. The zero-order valence-electron chi connectivity index (χ0n) is 32.1. The Morgan fingerprint density at radius 1 is 0.768 bits per heavy atom. The number of hydrogen-bond acceptors (Lipinski definition) is 9. The van der Waals surface area contributed by atoms with Crippen molar-refractivity contribution in [2.75, 3.05) is 27.9 Å². The smallest absolute Gasteiger partial charge is 0.328 e. The molecule has 1 amide bonds. The molecule has 302 valence electrons. The highest BCUT2D eigenvalue weighted by atomic mass is 35.5. The minimum atomic E-state index is -0.799. The fourth-order valence-corrected chi connectivity index (χ4v) is 7.22. The maximum atomic E-state index is 13.2. The van der Waals surface area contributed by atoms with Crippen LogP contribution in [0.25, 0.3) is 22.3 Å². The first kappa shape index (κ1) is 45.9. The number of rotatable bonds is 13. The van der Waals surface area contributed by atoms with Crippen molar-refractivity contribution in [1.29, 1.82) is 0 Å². The first-order valence-corrected chi connectivity index (χ1v) is 18.6. The molecule has 2 aromatic carbocycles. The number of carbonyl (C=O) groups is 3. The van der Waals surface area contributed by atoms with Gasteiger partial charge in [0.05, 0.1) is 29.7 Å².